The van der Waals surface area contributed by atoms with Gasteiger partial charge in [-0.15, -0.1) is 0 Å². The van der Waals surface area contributed by atoms with E-state index in [1.807, 2.05) is 0 Å². The van der Waals surface area contributed by atoms with Crippen molar-refractivity contribution in [3.63, 3.8) is 0 Å². The van der Waals surface area contributed by atoms with Crippen molar-refractivity contribution in [1.82, 2.24) is 0 Å². The van der Waals surface area contributed by atoms with Gasteiger partial charge in [0.1, 0.15) is 18.1 Å². The van der Waals surface area contributed by atoms with Crippen molar-refractivity contribution >= 4 is 0 Å². The summed E-state index contributed by atoms with van der Waals surface area (Å²) in [6, 6.07) is 0. The summed E-state index contributed by atoms with van der Waals surface area (Å²) in [5.74, 6) is 2.79. The zero-order chi connectivity index (χ0) is 11.0. The fraction of sp³-hybridized carbons (Fsp3) is 0.714. The van der Waals surface area contributed by atoms with Crippen molar-refractivity contribution < 1.29 is 9.47 Å². The molecule has 2 nitrogen and oxygen atoms in total. The molecule has 0 aromatic carbocycles. The molecule has 0 atom stereocenters. The van der Waals surface area contributed by atoms with Crippen LogP contribution in [0.4, 0.5) is 0 Å². The number of hydrogen-bond acceptors (Lipinski definition) is 2. The molecule has 0 spiro atoms. The summed E-state index contributed by atoms with van der Waals surface area (Å²) in [6.07, 6.45) is 12.9. The highest BCUT2D eigenvalue weighted by molar-refractivity contribution is 5.03. The lowest BCUT2D eigenvalue weighted by molar-refractivity contribution is -0.131. The van der Waals surface area contributed by atoms with E-state index in [0.717, 1.165) is 17.8 Å². The monoisotopic (exact) mass is 220 g/mol. The van der Waals surface area contributed by atoms with Crippen LogP contribution in [0.3, 0.4) is 0 Å². The molecule has 4 bridgehead atoms. The summed E-state index contributed by atoms with van der Waals surface area (Å²) in [4.78, 5) is 0. The van der Waals surface area contributed by atoms with E-state index in [-0.39, 0.29) is 5.60 Å². The molecule has 0 unspecified atom stereocenters. The molecule has 4 fully saturated rings. The summed E-state index contributed by atoms with van der Waals surface area (Å²) in [5, 5.41) is 0. The maximum absolute atomic E-state index is 5.99. The first-order chi connectivity index (χ1) is 7.80. The molecule has 88 valence electrons. The van der Waals surface area contributed by atoms with Gasteiger partial charge in [-0.25, -0.2) is 0 Å². The van der Waals surface area contributed by atoms with Crippen molar-refractivity contribution in [3.05, 3.63) is 25.4 Å². The average molecular weight is 220 g/mol. The Hall–Kier alpha value is -0.920. The SMILES string of the molecule is C=COC=COC12CC3CC(CC(C3)C1)C2. The van der Waals surface area contributed by atoms with Gasteiger partial charge in [0.2, 0.25) is 0 Å². The van der Waals surface area contributed by atoms with E-state index in [2.05, 4.69) is 6.58 Å². The highest BCUT2D eigenvalue weighted by Gasteiger charge is 2.52. The summed E-state index contributed by atoms with van der Waals surface area (Å²) < 4.78 is 10.9. The smallest absolute Gasteiger partial charge is 0.125 e. The maximum atomic E-state index is 5.99. The van der Waals surface area contributed by atoms with Crippen LogP contribution < -0.4 is 0 Å². The normalized spacial score (nSPS) is 44.9. The van der Waals surface area contributed by atoms with Gasteiger partial charge in [0.25, 0.3) is 0 Å². The van der Waals surface area contributed by atoms with Crippen molar-refractivity contribution in [2.45, 2.75) is 44.1 Å². The second-order valence-corrected chi connectivity index (χ2v) is 5.79. The maximum Gasteiger partial charge on any atom is 0.125 e. The second kappa shape index (κ2) is 3.83. The molecule has 0 aliphatic heterocycles. The van der Waals surface area contributed by atoms with Gasteiger partial charge in [0, 0.05) is 0 Å². The van der Waals surface area contributed by atoms with Crippen LogP contribution in [0.1, 0.15) is 38.5 Å². The van der Waals surface area contributed by atoms with Gasteiger partial charge in [-0.1, -0.05) is 6.58 Å². The Morgan fingerprint density at radius 2 is 1.50 bits per heavy atom. The first-order valence-corrected chi connectivity index (χ1v) is 6.39. The Labute approximate surface area is 97.3 Å². The van der Waals surface area contributed by atoms with Gasteiger partial charge in [0.15, 0.2) is 0 Å². The number of rotatable bonds is 4. The van der Waals surface area contributed by atoms with Gasteiger partial charge < -0.3 is 9.47 Å². The molecule has 4 rings (SSSR count). The lowest BCUT2D eigenvalue weighted by Crippen LogP contribution is -2.51. The topological polar surface area (TPSA) is 18.5 Å². The molecule has 4 aliphatic rings. The van der Waals surface area contributed by atoms with E-state index in [1.54, 1.807) is 12.5 Å². The minimum absolute atomic E-state index is 0.149. The Kier molecular flexibility index (Phi) is 2.45. The summed E-state index contributed by atoms with van der Waals surface area (Å²) in [5.41, 5.74) is 0.149. The van der Waals surface area contributed by atoms with Gasteiger partial charge in [-0.2, -0.15) is 0 Å². The van der Waals surface area contributed by atoms with E-state index in [9.17, 15) is 0 Å². The summed E-state index contributed by atoms with van der Waals surface area (Å²) in [6.45, 7) is 3.50. The van der Waals surface area contributed by atoms with Crippen LogP contribution >= 0.6 is 0 Å². The third kappa shape index (κ3) is 1.74. The number of hydrogen-bond donors (Lipinski definition) is 0. The Morgan fingerprint density at radius 1 is 0.938 bits per heavy atom. The molecule has 2 heteroatoms. The van der Waals surface area contributed by atoms with Gasteiger partial charge in [-0.3, -0.25) is 0 Å². The average Bonchev–Trinajstić information content (AvgIpc) is 2.22. The molecule has 0 aromatic rings. The largest absolute Gasteiger partial charge is 0.492 e. The van der Waals surface area contributed by atoms with E-state index in [4.69, 9.17) is 9.47 Å². The summed E-state index contributed by atoms with van der Waals surface area (Å²) >= 11 is 0. The highest BCUT2D eigenvalue weighted by Crippen LogP contribution is 2.57. The Bertz CT molecular complexity index is 271. The van der Waals surface area contributed by atoms with Crippen LogP contribution in [0, 0.1) is 17.8 Å². The zero-order valence-corrected chi connectivity index (χ0v) is 9.73. The Morgan fingerprint density at radius 3 is 2.00 bits per heavy atom. The van der Waals surface area contributed by atoms with Gasteiger partial charge >= 0.3 is 0 Å². The predicted octanol–water partition coefficient (Wildman–Crippen LogP) is 3.60. The van der Waals surface area contributed by atoms with Crippen LogP contribution in [0.5, 0.6) is 0 Å². The second-order valence-electron chi connectivity index (χ2n) is 5.79. The summed E-state index contributed by atoms with van der Waals surface area (Å²) in [7, 11) is 0. The lowest BCUT2D eigenvalue weighted by atomic mass is 9.54. The van der Waals surface area contributed by atoms with E-state index >= 15 is 0 Å². The third-order valence-electron chi connectivity index (χ3n) is 4.53. The van der Waals surface area contributed by atoms with Gasteiger partial charge in [0.05, 0.1) is 6.26 Å². The molecule has 0 amide bonds. The molecule has 4 saturated carbocycles. The minimum Gasteiger partial charge on any atom is -0.492 e. The van der Waals surface area contributed by atoms with Crippen LogP contribution in [-0.4, -0.2) is 5.60 Å². The molecule has 0 heterocycles. The van der Waals surface area contributed by atoms with Crippen molar-refractivity contribution in [2.75, 3.05) is 0 Å². The molecular formula is C14H20O2. The number of ether oxygens (including phenoxy) is 2. The highest BCUT2D eigenvalue weighted by atomic mass is 16.5. The van der Waals surface area contributed by atoms with Crippen LogP contribution in [-0.2, 0) is 9.47 Å². The molecule has 0 saturated heterocycles. The first kappa shape index (κ1) is 10.2. The van der Waals surface area contributed by atoms with Crippen molar-refractivity contribution in [2.24, 2.45) is 17.8 Å². The lowest BCUT2D eigenvalue weighted by Gasteiger charge is -2.55. The molecule has 0 aromatic heterocycles. The van der Waals surface area contributed by atoms with E-state index in [0.29, 0.717) is 0 Å². The minimum atomic E-state index is 0.149. The molecule has 0 radical (unpaired) electrons. The molecular weight excluding hydrogens is 200 g/mol. The molecule has 16 heavy (non-hydrogen) atoms. The standard InChI is InChI=1S/C14H20O2/c1-2-15-3-4-16-14-8-11-5-12(9-14)7-13(6-11)10-14/h2-4,11-13H,1,5-10H2. The van der Waals surface area contributed by atoms with Crippen molar-refractivity contribution in [1.29, 1.82) is 0 Å². The quantitative estimate of drug-likeness (QED) is 0.674. The fourth-order valence-corrected chi connectivity index (χ4v) is 4.44. The predicted molar refractivity (Wildman–Crippen MR) is 62.4 cm³/mol. The van der Waals surface area contributed by atoms with Crippen LogP contribution in [0.15, 0.2) is 25.4 Å². The zero-order valence-electron chi connectivity index (χ0n) is 9.73. The fourth-order valence-electron chi connectivity index (χ4n) is 4.44. The Balaban J connectivity index is 1.66. The van der Waals surface area contributed by atoms with Gasteiger partial charge in [-0.05, 0) is 56.3 Å². The first-order valence-electron chi connectivity index (χ1n) is 6.39. The van der Waals surface area contributed by atoms with Crippen LogP contribution in [0.25, 0.3) is 0 Å². The molecule has 4 aliphatic carbocycles. The van der Waals surface area contributed by atoms with E-state index in [1.165, 1.54) is 44.8 Å². The van der Waals surface area contributed by atoms with Crippen molar-refractivity contribution in [3.8, 4) is 0 Å². The van der Waals surface area contributed by atoms with E-state index < -0.39 is 0 Å². The van der Waals surface area contributed by atoms with Crippen LogP contribution in [0.2, 0.25) is 0 Å². The molecule has 0 N–H and O–H groups in total. The third-order valence-corrected chi connectivity index (χ3v) is 4.53.